The molecule has 0 aliphatic carbocycles. The van der Waals surface area contributed by atoms with Gasteiger partial charge in [0.15, 0.2) is 10.8 Å². The van der Waals surface area contributed by atoms with Gasteiger partial charge >= 0.3 is 6.61 Å². The molecule has 0 bridgehead atoms. The number of benzene rings is 1. The quantitative estimate of drug-likeness (QED) is 0.810. The lowest BCUT2D eigenvalue weighted by Crippen LogP contribution is -2.36. The number of nitrogens with zero attached hydrogens (tertiary/aromatic N) is 3. The van der Waals surface area contributed by atoms with E-state index < -0.39 is 16.6 Å². The second-order valence-electron chi connectivity index (χ2n) is 6.08. The van der Waals surface area contributed by atoms with E-state index in [0.717, 1.165) is 4.31 Å². The average Bonchev–Trinajstić information content (AvgIpc) is 3.05. The third-order valence-corrected chi connectivity index (χ3v) is 5.77. The molecular weight excluding hydrogens is 352 g/mol. The van der Waals surface area contributed by atoms with Crippen LogP contribution in [0.5, 0.6) is 5.75 Å². The van der Waals surface area contributed by atoms with E-state index in [-0.39, 0.29) is 29.0 Å². The topological polar surface area (TPSA) is 64.4 Å². The molecular formula is C16H19F2N3O3S. The van der Waals surface area contributed by atoms with E-state index in [2.05, 4.69) is 9.72 Å². The fourth-order valence-corrected chi connectivity index (χ4v) is 4.33. The summed E-state index contributed by atoms with van der Waals surface area (Å²) >= 11 is 0. The van der Waals surface area contributed by atoms with Crippen molar-refractivity contribution in [1.82, 2.24) is 9.55 Å². The van der Waals surface area contributed by atoms with Crippen molar-refractivity contribution in [2.45, 2.75) is 44.4 Å². The molecule has 0 N–H and O–H groups in total. The Balaban J connectivity index is 2.07. The normalized spacial score (nSPS) is 14.9. The first-order valence-electron chi connectivity index (χ1n) is 7.93. The molecule has 1 aromatic carbocycles. The van der Waals surface area contributed by atoms with Crippen LogP contribution in [0.3, 0.4) is 0 Å². The molecule has 0 radical (unpaired) electrons. The largest absolute Gasteiger partial charge is 0.433 e. The monoisotopic (exact) mass is 371 g/mol. The van der Waals surface area contributed by atoms with Gasteiger partial charge in [-0.15, -0.1) is 0 Å². The number of aromatic nitrogens is 2. The van der Waals surface area contributed by atoms with Gasteiger partial charge in [0.25, 0.3) is 10.0 Å². The van der Waals surface area contributed by atoms with Gasteiger partial charge in [0.05, 0.1) is 12.0 Å². The summed E-state index contributed by atoms with van der Waals surface area (Å²) in [5.41, 5.74) is 0.837. The SMILES string of the molecule is CC(C)n1cnc(S(=O)(=O)N2CCCc3cccc(OC(F)F)c32)c1. The first-order chi connectivity index (χ1) is 11.8. The van der Waals surface area contributed by atoms with Gasteiger partial charge in [0.2, 0.25) is 0 Å². The van der Waals surface area contributed by atoms with E-state index >= 15 is 0 Å². The van der Waals surface area contributed by atoms with Crippen molar-refractivity contribution in [2.75, 3.05) is 10.8 Å². The summed E-state index contributed by atoms with van der Waals surface area (Å²) in [6.07, 6.45) is 4.09. The molecule has 0 unspecified atom stereocenters. The van der Waals surface area contributed by atoms with Crippen molar-refractivity contribution in [3.8, 4) is 5.75 Å². The van der Waals surface area contributed by atoms with Crippen LogP contribution in [0.4, 0.5) is 14.5 Å². The molecule has 25 heavy (non-hydrogen) atoms. The van der Waals surface area contributed by atoms with Gasteiger partial charge in [0, 0.05) is 18.8 Å². The fraction of sp³-hybridized carbons (Fsp3) is 0.438. The van der Waals surface area contributed by atoms with Crippen LogP contribution in [0.2, 0.25) is 0 Å². The van der Waals surface area contributed by atoms with Gasteiger partial charge in [-0.3, -0.25) is 4.31 Å². The van der Waals surface area contributed by atoms with E-state index in [9.17, 15) is 17.2 Å². The van der Waals surface area contributed by atoms with Crippen LogP contribution >= 0.6 is 0 Å². The van der Waals surface area contributed by atoms with E-state index in [0.29, 0.717) is 18.4 Å². The highest BCUT2D eigenvalue weighted by Crippen LogP contribution is 2.39. The van der Waals surface area contributed by atoms with Gasteiger partial charge in [-0.1, -0.05) is 12.1 Å². The minimum Gasteiger partial charge on any atom is -0.433 e. The zero-order chi connectivity index (χ0) is 18.2. The van der Waals surface area contributed by atoms with Crippen molar-refractivity contribution in [3.05, 3.63) is 36.3 Å². The fourth-order valence-electron chi connectivity index (χ4n) is 2.86. The Morgan fingerprint density at radius 2 is 2.04 bits per heavy atom. The first-order valence-corrected chi connectivity index (χ1v) is 9.37. The molecule has 1 aromatic heterocycles. The van der Waals surface area contributed by atoms with Crippen molar-refractivity contribution in [2.24, 2.45) is 0 Å². The number of ether oxygens (including phenoxy) is 1. The number of hydrogen-bond acceptors (Lipinski definition) is 4. The molecule has 2 heterocycles. The number of halogens is 2. The number of anilines is 1. The van der Waals surface area contributed by atoms with Crippen molar-refractivity contribution in [1.29, 1.82) is 0 Å². The second-order valence-corrected chi connectivity index (χ2v) is 7.89. The Morgan fingerprint density at radius 1 is 1.28 bits per heavy atom. The first kappa shape index (κ1) is 17.7. The van der Waals surface area contributed by atoms with Crippen LogP contribution in [0.1, 0.15) is 31.9 Å². The predicted octanol–water partition coefficient (Wildman–Crippen LogP) is 3.21. The number of hydrogen-bond donors (Lipinski definition) is 0. The molecule has 0 amide bonds. The zero-order valence-corrected chi connectivity index (χ0v) is 14.7. The Bertz CT molecular complexity index is 865. The summed E-state index contributed by atoms with van der Waals surface area (Å²) in [6.45, 7) is 0.970. The number of para-hydroxylation sites is 1. The molecule has 9 heteroatoms. The lowest BCUT2D eigenvalue weighted by Gasteiger charge is -2.31. The van der Waals surface area contributed by atoms with Crippen molar-refractivity contribution in [3.63, 3.8) is 0 Å². The number of alkyl halides is 2. The molecule has 6 nitrogen and oxygen atoms in total. The summed E-state index contributed by atoms with van der Waals surface area (Å²) in [7, 11) is -3.97. The maximum Gasteiger partial charge on any atom is 0.387 e. The molecule has 136 valence electrons. The van der Waals surface area contributed by atoms with Crippen LogP contribution in [-0.2, 0) is 16.4 Å². The van der Waals surface area contributed by atoms with Gasteiger partial charge in [-0.05, 0) is 38.3 Å². The molecule has 0 fully saturated rings. The third kappa shape index (κ3) is 3.33. The summed E-state index contributed by atoms with van der Waals surface area (Å²) in [4.78, 5) is 3.99. The molecule has 2 aromatic rings. The Morgan fingerprint density at radius 3 is 2.68 bits per heavy atom. The smallest absolute Gasteiger partial charge is 0.387 e. The van der Waals surface area contributed by atoms with E-state index in [1.807, 2.05) is 13.8 Å². The van der Waals surface area contributed by atoms with E-state index in [1.54, 1.807) is 16.7 Å². The second kappa shape index (κ2) is 6.62. The van der Waals surface area contributed by atoms with Crippen molar-refractivity contribution >= 4 is 15.7 Å². The maximum absolute atomic E-state index is 13.0. The number of aryl methyl sites for hydroxylation is 1. The van der Waals surface area contributed by atoms with Crippen LogP contribution < -0.4 is 9.04 Å². The summed E-state index contributed by atoms with van der Waals surface area (Å²) in [6, 6.07) is 4.72. The standard InChI is InChI=1S/C16H19F2N3O3S/c1-11(2)20-9-14(19-10-20)25(22,23)21-8-4-6-12-5-3-7-13(15(12)21)24-16(17)18/h3,5,7,9-11,16H,4,6,8H2,1-2H3. The van der Waals surface area contributed by atoms with E-state index in [4.69, 9.17) is 0 Å². The highest BCUT2D eigenvalue weighted by atomic mass is 32.2. The lowest BCUT2D eigenvalue weighted by molar-refractivity contribution is -0.0495. The van der Waals surface area contributed by atoms with Crippen LogP contribution in [0.15, 0.2) is 35.7 Å². The van der Waals surface area contributed by atoms with E-state index in [1.165, 1.54) is 18.6 Å². The molecule has 0 atom stereocenters. The minimum absolute atomic E-state index is 0.0582. The highest BCUT2D eigenvalue weighted by molar-refractivity contribution is 7.92. The predicted molar refractivity (Wildman–Crippen MR) is 88.5 cm³/mol. The van der Waals surface area contributed by atoms with Gasteiger partial charge in [-0.25, -0.2) is 4.98 Å². The van der Waals surface area contributed by atoms with Gasteiger partial charge in [0.1, 0.15) is 0 Å². The van der Waals surface area contributed by atoms with Gasteiger partial charge < -0.3 is 9.30 Å². The zero-order valence-electron chi connectivity index (χ0n) is 13.9. The number of fused-ring (bicyclic) bond motifs is 1. The third-order valence-electron chi connectivity index (χ3n) is 4.08. The highest BCUT2D eigenvalue weighted by Gasteiger charge is 2.33. The number of sulfonamides is 1. The maximum atomic E-state index is 13.0. The average molecular weight is 371 g/mol. The van der Waals surface area contributed by atoms with Crippen LogP contribution in [0, 0.1) is 0 Å². The number of rotatable bonds is 5. The molecule has 3 rings (SSSR count). The Kier molecular flexibility index (Phi) is 4.68. The molecule has 1 aliphatic heterocycles. The van der Waals surface area contributed by atoms with Crippen molar-refractivity contribution < 1.29 is 21.9 Å². The molecule has 0 spiro atoms. The van der Waals surface area contributed by atoms with Crippen LogP contribution in [-0.4, -0.2) is 31.1 Å². The Labute approximate surface area is 145 Å². The van der Waals surface area contributed by atoms with Gasteiger partial charge in [-0.2, -0.15) is 17.2 Å². The Hall–Kier alpha value is -2.16. The lowest BCUT2D eigenvalue weighted by atomic mass is 10.0. The molecule has 1 aliphatic rings. The molecule has 0 saturated heterocycles. The number of imidazole rings is 1. The minimum atomic E-state index is -3.97. The molecule has 0 saturated carbocycles. The van der Waals surface area contributed by atoms with Crippen LogP contribution in [0.25, 0.3) is 0 Å². The summed E-state index contributed by atoms with van der Waals surface area (Å²) in [5.74, 6) is -0.140. The summed E-state index contributed by atoms with van der Waals surface area (Å²) in [5, 5.41) is -0.110. The summed E-state index contributed by atoms with van der Waals surface area (Å²) < 4.78 is 58.9.